The Kier molecular flexibility index (Phi) is 5.64. The highest BCUT2D eigenvalue weighted by atomic mass is 16.5. The molecule has 0 saturated heterocycles. The van der Waals surface area contributed by atoms with Crippen LogP contribution in [0.2, 0.25) is 0 Å². The van der Waals surface area contributed by atoms with E-state index in [9.17, 15) is 14.4 Å². The molecule has 1 amide bonds. The topological polar surface area (TPSA) is 103 Å². The first-order chi connectivity index (χ1) is 14.9. The number of imidazole rings is 1. The lowest BCUT2D eigenvalue weighted by atomic mass is 10.2. The summed E-state index contributed by atoms with van der Waals surface area (Å²) in [6.07, 6.45) is 0.712. The van der Waals surface area contributed by atoms with Crippen LogP contribution in [0.25, 0.3) is 11.2 Å². The second kappa shape index (κ2) is 8.38. The van der Waals surface area contributed by atoms with E-state index in [1.54, 1.807) is 18.7 Å². The maximum Gasteiger partial charge on any atom is 0.332 e. The number of fused-ring (bicyclic) bond motifs is 3. The number of carbonyl (C=O) groups excluding carboxylic acids is 1. The second-order valence-corrected chi connectivity index (χ2v) is 7.67. The van der Waals surface area contributed by atoms with Crippen molar-refractivity contribution in [2.75, 3.05) is 25.2 Å². The van der Waals surface area contributed by atoms with Crippen molar-refractivity contribution in [3.8, 4) is 0 Å². The quantitative estimate of drug-likeness (QED) is 0.533. The number of nitrogens with zero attached hydrogens (tertiary/aromatic N) is 5. The molecule has 3 heterocycles. The first kappa shape index (κ1) is 20.9. The van der Waals surface area contributed by atoms with Gasteiger partial charge in [0.05, 0.1) is 6.54 Å². The highest BCUT2D eigenvalue weighted by molar-refractivity contribution is 5.87. The molecule has 0 aliphatic carbocycles. The first-order valence-corrected chi connectivity index (χ1v) is 10.2. The van der Waals surface area contributed by atoms with Gasteiger partial charge in [-0.1, -0.05) is 30.3 Å². The number of hydrogen-bond donors (Lipinski definition) is 1. The summed E-state index contributed by atoms with van der Waals surface area (Å²) in [5.41, 5.74) is 0.809. The number of rotatable bonds is 7. The molecule has 1 aromatic carbocycles. The van der Waals surface area contributed by atoms with Gasteiger partial charge in [-0.2, -0.15) is 4.98 Å². The molecule has 0 saturated carbocycles. The van der Waals surface area contributed by atoms with Gasteiger partial charge < -0.3 is 19.5 Å². The Labute approximate surface area is 178 Å². The molecule has 3 aromatic rings. The number of benzene rings is 1. The zero-order valence-electron chi connectivity index (χ0n) is 17.9. The predicted molar refractivity (Wildman–Crippen MR) is 116 cm³/mol. The third-order valence-electron chi connectivity index (χ3n) is 5.64. The lowest BCUT2D eigenvalue weighted by Gasteiger charge is -2.24. The predicted octanol–water partition coefficient (Wildman–Crippen LogP) is -0.0248. The zero-order chi connectivity index (χ0) is 22.1. The Bertz CT molecular complexity index is 1230. The number of aryl methyl sites for hydroxylation is 1. The van der Waals surface area contributed by atoms with Crippen LogP contribution >= 0.6 is 0 Å². The second-order valence-electron chi connectivity index (χ2n) is 7.67. The van der Waals surface area contributed by atoms with Crippen LogP contribution in [0.4, 0.5) is 5.95 Å². The van der Waals surface area contributed by atoms with Crippen molar-refractivity contribution in [1.82, 2.24) is 24.0 Å². The van der Waals surface area contributed by atoms with Gasteiger partial charge >= 0.3 is 5.69 Å². The lowest BCUT2D eigenvalue weighted by Crippen LogP contribution is -2.46. The van der Waals surface area contributed by atoms with E-state index in [1.807, 2.05) is 35.2 Å². The average Bonchev–Trinajstić information content (AvgIpc) is 3.31. The summed E-state index contributed by atoms with van der Waals surface area (Å²) in [7, 11) is 4.66. The van der Waals surface area contributed by atoms with Crippen LogP contribution in [-0.4, -0.2) is 50.9 Å². The molecule has 4 rings (SSSR count). The molecule has 1 atom stereocenters. The zero-order valence-corrected chi connectivity index (χ0v) is 17.9. The van der Waals surface area contributed by atoms with Crippen LogP contribution in [0.15, 0.2) is 39.9 Å². The number of amides is 1. The van der Waals surface area contributed by atoms with Crippen molar-refractivity contribution in [3.05, 3.63) is 56.7 Å². The van der Waals surface area contributed by atoms with Gasteiger partial charge in [0.1, 0.15) is 6.04 Å². The summed E-state index contributed by atoms with van der Waals surface area (Å²) < 4.78 is 9.22. The van der Waals surface area contributed by atoms with Crippen molar-refractivity contribution < 1.29 is 9.53 Å². The molecule has 10 heteroatoms. The number of carbonyl (C=O) groups is 1. The van der Waals surface area contributed by atoms with Crippen LogP contribution in [0.1, 0.15) is 12.0 Å². The number of anilines is 1. The Morgan fingerprint density at radius 3 is 2.65 bits per heavy atom. The maximum absolute atomic E-state index is 13.0. The van der Waals surface area contributed by atoms with E-state index in [2.05, 4.69) is 10.3 Å². The van der Waals surface area contributed by atoms with Crippen molar-refractivity contribution in [1.29, 1.82) is 0 Å². The van der Waals surface area contributed by atoms with E-state index in [0.29, 0.717) is 43.2 Å². The van der Waals surface area contributed by atoms with E-state index >= 15 is 0 Å². The van der Waals surface area contributed by atoms with E-state index < -0.39 is 17.3 Å². The van der Waals surface area contributed by atoms with Gasteiger partial charge in [0, 0.05) is 40.9 Å². The van der Waals surface area contributed by atoms with E-state index in [4.69, 9.17) is 4.74 Å². The molecular weight excluding hydrogens is 400 g/mol. The summed E-state index contributed by atoms with van der Waals surface area (Å²) in [6.45, 7) is 1.80. The molecule has 10 nitrogen and oxygen atoms in total. The first-order valence-electron chi connectivity index (χ1n) is 10.2. The smallest absolute Gasteiger partial charge is 0.332 e. The number of nitrogens with one attached hydrogen (secondary N) is 1. The van der Waals surface area contributed by atoms with E-state index in [1.165, 1.54) is 11.6 Å². The van der Waals surface area contributed by atoms with Crippen molar-refractivity contribution in [2.24, 2.45) is 14.1 Å². The molecule has 1 N–H and O–H groups in total. The van der Waals surface area contributed by atoms with Gasteiger partial charge in [-0.15, -0.1) is 0 Å². The van der Waals surface area contributed by atoms with Gasteiger partial charge in [0.2, 0.25) is 11.9 Å². The third kappa shape index (κ3) is 3.63. The minimum absolute atomic E-state index is 0.132. The SMILES string of the molecule is COCCCNC(=O)C1Cn2c(nc3c2c(=O)n(C)c(=O)n3C)N1Cc1ccccc1. The normalized spacial score (nSPS) is 15.5. The van der Waals surface area contributed by atoms with Gasteiger partial charge in [-0.3, -0.25) is 18.7 Å². The fraction of sp³-hybridized carbons (Fsp3) is 0.429. The number of hydrogen-bond acceptors (Lipinski definition) is 6. The average molecular weight is 426 g/mol. The molecule has 0 spiro atoms. The van der Waals surface area contributed by atoms with Crippen LogP contribution in [0, 0.1) is 0 Å². The molecular formula is C21H26N6O4. The highest BCUT2D eigenvalue weighted by Crippen LogP contribution is 2.30. The molecule has 1 aliphatic heterocycles. The Hall–Kier alpha value is -3.40. The Morgan fingerprint density at radius 1 is 1.19 bits per heavy atom. The summed E-state index contributed by atoms with van der Waals surface area (Å²) in [6, 6.07) is 9.25. The lowest BCUT2D eigenvalue weighted by molar-refractivity contribution is -0.122. The van der Waals surface area contributed by atoms with Crippen LogP contribution in [0.5, 0.6) is 0 Å². The maximum atomic E-state index is 13.0. The van der Waals surface area contributed by atoms with E-state index in [-0.39, 0.29) is 12.5 Å². The van der Waals surface area contributed by atoms with E-state index in [0.717, 1.165) is 10.1 Å². The monoisotopic (exact) mass is 426 g/mol. The van der Waals surface area contributed by atoms with Crippen molar-refractivity contribution in [2.45, 2.75) is 25.6 Å². The Morgan fingerprint density at radius 2 is 1.94 bits per heavy atom. The van der Waals surface area contributed by atoms with Gasteiger partial charge in [0.25, 0.3) is 5.56 Å². The van der Waals surface area contributed by atoms with Crippen molar-refractivity contribution >= 4 is 23.0 Å². The molecule has 0 radical (unpaired) electrons. The summed E-state index contributed by atoms with van der Waals surface area (Å²) >= 11 is 0. The molecule has 1 aliphatic rings. The van der Waals surface area contributed by atoms with Gasteiger partial charge in [-0.25, -0.2) is 4.79 Å². The molecule has 1 unspecified atom stereocenters. The number of methoxy groups -OCH3 is 1. The standard InChI is InChI=1S/C21H26N6O4/c1-24-17-16(19(29)25(2)21(24)30)27-13-15(18(28)22-10-7-11-31-3)26(20(27)23-17)12-14-8-5-4-6-9-14/h4-6,8-9,15H,7,10-13H2,1-3H3,(H,22,28). The fourth-order valence-electron chi connectivity index (χ4n) is 3.97. The number of ether oxygens (including phenoxy) is 1. The van der Waals surface area contributed by atoms with Gasteiger partial charge in [-0.05, 0) is 12.0 Å². The summed E-state index contributed by atoms with van der Waals surface area (Å²) in [4.78, 5) is 44.7. The van der Waals surface area contributed by atoms with Crippen LogP contribution < -0.4 is 21.5 Å². The summed E-state index contributed by atoms with van der Waals surface area (Å²) in [5, 5.41) is 2.95. The number of aromatic nitrogens is 4. The minimum Gasteiger partial charge on any atom is -0.385 e. The van der Waals surface area contributed by atoms with Crippen LogP contribution in [-0.2, 0) is 36.7 Å². The molecule has 2 aromatic heterocycles. The highest BCUT2D eigenvalue weighted by Gasteiger charge is 2.38. The largest absolute Gasteiger partial charge is 0.385 e. The fourth-order valence-corrected chi connectivity index (χ4v) is 3.97. The summed E-state index contributed by atoms with van der Waals surface area (Å²) in [5.74, 6) is 0.376. The molecule has 164 valence electrons. The molecule has 0 fully saturated rings. The minimum atomic E-state index is -0.517. The molecule has 31 heavy (non-hydrogen) atoms. The third-order valence-corrected chi connectivity index (χ3v) is 5.64. The molecule has 0 bridgehead atoms. The Balaban J connectivity index is 1.75. The van der Waals surface area contributed by atoms with Crippen LogP contribution in [0.3, 0.4) is 0 Å². The van der Waals surface area contributed by atoms with Crippen molar-refractivity contribution in [3.63, 3.8) is 0 Å². The van der Waals surface area contributed by atoms with Gasteiger partial charge in [0.15, 0.2) is 11.2 Å².